The normalized spacial score (nSPS) is 26.2. The number of hydrogen-bond acceptors (Lipinski definition) is 5. The molecule has 0 aromatic rings. The minimum Gasteiger partial charge on any atom is -0.378 e. The molecule has 0 saturated carbocycles. The zero-order valence-electron chi connectivity index (χ0n) is 11.5. The first-order valence-electron chi connectivity index (χ1n) is 6.76. The molecule has 0 spiro atoms. The van der Waals surface area contributed by atoms with Crippen LogP contribution >= 0.6 is 0 Å². The van der Waals surface area contributed by atoms with Crippen molar-refractivity contribution < 1.29 is 17.9 Å². The Labute approximate surface area is 114 Å². The van der Waals surface area contributed by atoms with E-state index in [4.69, 9.17) is 4.74 Å². The summed E-state index contributed by atoms with van der Waals surface area (Å²) in [6, 6.07) is 0. The van der Waals surface area contributed by atoms with Gasteiger partial charge in [-0.3, -0.25) is 4.79 Å². The Morgan fingerprint density at radius 1 is 1.37 bits per heavy atom. The Kier molecular flexibility index (Phi) is 4.17. The molecule has 1 N–H and O–H groups in total. The zero-order valence-corrected chi connectivity index (χ0v) is 12.3. The zero-order chi connectivity index (χ0) is 14.1. The molecule has 2 aliphatic heterocycles. The van der Waals surface area contributed by atoms with E-state index in [1.54, 1.807) is 0 Å². The summed E-state index contributed by atoms with van der Waals surface area (Å²) in [6.45, 7) is 5.58. The average Bonchev–Trinajstić information content (AvgIpc) is 2.38. The Bertz CT molecular complexity index is 441. The minimum absolute atomic E-state index is 0.232. The van der Waals surface area contributed by atoms with Crippen molar-refractivity contribution in [3.05, 3.63) is 0 Å². The Balaban J connectivity index is 1.71. The molecular formula is C12H22N2O4S. The highest BCUT2D eigenvalue weighted by molar-refractivity contribution is 7.94. The van der Waals surface area contributed by atoms with Gasteiger partial charge in [-0.1, -0.05) is 0 Å². The summed E-state index contributed by atoms with van der Waals surface area (Å²) in [5.41, 5.74) is 0. The summed E-state index contributed by atoms with van der Waals surface area (Å²) in [6.07, 6.45) is 2.81. The van der Waals surface area contributed by atoms with Crippen LogP contribution < -0.4 is 5.32 Å². The van der Waals surface area contributed by atoms with E-state index in [-0.39, 0.29) is 18.6 Å². The fourth-order valence-electron chi connectivity index (χ4n) is 2.40. The number of ether oxygens (including phenoxy) is 1. The topological polar surface area (TPSA) is 75.7 Å². The van der Waals surface area contributed by atoms with Gasteiger partial charge in [0.15, 0.2) is 4.75 Å². The van der Waals surface area contributed by atoms with E-state index < -0.39 is 14.8 Å². The van der Waals surface area contributed by atoms with Crippen molar-refractivity contribution >= 4 is 15.9 Å². The molecular weight excluding hydrogens is 268 g/mol. The van der Waals surface area contributed by atoms with Gasteiger partial charge in [0, 0.05) is 13.2 Å². The van der Waals surface area contributed by atoms with Gasteiger partial charge >= 0.3 is 0 Å². The SMILES string of the molecule is CC1(C)C(=O)N(CCCOC2CCNCC2)S1(=O)=O. The largest absolute Gasteiger partial charge is 0.378 e. The van der Waals surface area contributed by atoms with E-state index in [2.05, 4.69) is 5.32 Å². The maximum atomic E-state index is 11.8. The molecule has 110 valence electrons. The Morgan fingerprint density at radius 2 is 2.00 bits per heavy atom. The van der Waals surface area contributed by atoms with Crippen molar-refractivity contribution in [2.75, 3.05) is 26.2 Å². The predicted molar refractivity (Wildman–Crippen MR) is 71.2 cm³/mol. The molecule has 0 aliphatic carbocycles. The van der Waals surface area contributed by atoms with Crippen LogP contribution in [0.2, 0.25) is 0 Å². The third kappa shape index (κ3) is 2.64. The van der Waals surface area contributed by atoms with Crippen molar-refractivity contribution in [3.8, 4) is 0 Å². The number of carbonyl (C=O) groups excluding carboxylic acids is 1. The van der Waals surface area contributed by atoms with E-state index in [0.29, 0.717) is 13.0 Å². The smallest absolute Gasteiger partial charge is 0.258 e. The van der Waals surface area contributed by atoms with Crippen LogP contribution in [-0.2, 0) is 19.6 Å². The molecule has 2 fully saturated rings. The second-order valence-corrected chi connectivity index (χ2v) is 7.98. The van der Waals surface area contributed by atoms with Gasteiger partial charge in [0.1, 0.15) is 0 Å². The summed E-state index contributed by atoms with van der Waals surface area (Å²) < 4.78 is 29.1. The second kappa shape index (κ2) is 5.38. The molecule has 2 rings (SSSR count). The van der Waals surface area contributed by atoms with Crippen LogP contribution in [0.4, 0.5) is 0 Å². The Hall–Kier alpha value is -0.660. The molecule has 2 heterocycles. The fourth-order valence-corrected chi connectivity index (χ4v) is 3.96. The van der Waals surface area contributed by atoms with Crippen molar-refractivity contribution in [3.63, 3.8) is 0 Å². The highest BCUT2D eigenvalue weighted by Crippen LogP contribution is 2.34. The molecule has 0 radical (unpaired) electrons. The number of amides is 1. The highest BCUT2D eigenvalue weighted by Gasteiger charge is 2.59. The van der Waals surface area contributed by atoms with Gasteiger partial charge in [-0.15, -0.1) is 0 Å². The molecule has 2 saturated heterocycles. The van der Waals surface area contributed by atoms with E-state index in [9.17, 15) is 13.2 Å². The van der Waals surface area contributed by atoms with Gasteiger partial charge in [-0.2, -0.15) is 0 Å². The van der Waals surface area contributed by atoms with Crippen molar-refractivity contribution in [2.45, 2.75) is 44.0 Å². The van der Waals surface area contributed by atoms with Gasteiger partial charge in [-0.05, 0) is 46.2 Å². The van der Waals surface area contributed by atoms with E-state index >= 15 is 0 Å². The van der Waals surface area contributed by atoms with Crippen molar-refractivity contribution in [1.29, 1.82) is 0 Å². The molecule has 2 aliphatic rings. The number of sulfonamides is 1. The average molecular weight is 290 g/mol. The number of carbonyl (C=O) groups is 1. The highest BCUT2D eigenvalue weighted by atomic mass is 32.2. The standard InChI is InChI=1S/C12H22N2O4S/c1-12(2)11(15)14(19(12,16)17)8-3-9-18-10-4-6-13-7-5-10/h10,13H,3-9H2,1-2H3. The van der Waals surface area contributed by atoms with Gasteiger partial charge < -0.3 is 10.1 Å². The Morgan fingerprint density at radius 3 is 2.58 bits per heavy atom. The lowest BCUT2D eigenvalue weighted by molar-refractivity contribution is -0.132. The monoisotopic (exact) mass is 290 g/mol. The van der Waals surface area contributed by atoms with Crippen LogP contribution in [0.1, 0.15) is 33.1 Å². The number of nitrogens with one attached hydrogen (secondary N) is 1. The molecule has 7 heteroatoms. The van der Waals surface area contributed by atoms with Gasteiger partial charge in [-0.25, -0.2) is 12.7 Å². The molecule has 0 aromatic carbocycles. The maximum Gasteiger partial charge on any atom is 0.258 e. The summed E-state index contributed by atoms with van der Waals surface area (Å²) in [7, 11) is -3.44. The lowest BCUT2D eigenvalue weighted by Crippen LogP contribution is -2.67. The van der Waals surface area contributed by atoms with E-state index in [0.717, 1.165) is 30.2 Å². The van der Waals surface area contributed by atoms with Crippen LogP contribution in [0.25, 0.3) is 0 Å². The summed E-state index contributed by atoms with van der Waals surface area (Å²) in [4.78, 5) is 11.7. The summed E-state index contributed by atoms with van der Waals surface area (Å²) >= 11 is 0. The molecule has 0 atom stereocenters. The van der Waals surface area contributed by atoms with Crippen LogP contribution in [0.5, 0.6) is 0 Å². The molecule has 19 heavy (non-hydrogen) atoms. The summed E-state index contributed by atoms with van der Waals surface area (Å²) in [5, 5.41) is 3.25. The maximum absolute atomic E-state index is 11.8. The minimum atomic E-state index is -3.44. The lowest BCUT2D eigenvalue weighted by atomic mass is 10.1. The van der Waals surface area contributed by atoms with Crippen LogP contribution in [0.3, 0.4) is 0 Å². The van der Waals surface area contributed by atoms with Gasteiger partial charge in [0.25, 0.3) is 15.9 Å². The lowest BCUT2D eigenvalue weighted by Gasteiger charge is -2.43. The van der Waals surface area contributed by atoms with Crippen LogP contribution in [0.15, 0.2) is 0 Å². The van der Waals surface area contributed by atoms with E-state index in [1.165, 1.54) is 13.8 Å². The molecule has 0 bridgehead atoms. The first-order valence-corrected chi connectivity index (χ1v) is 8.20. The molecule has 0 unspecified atom stereocenters. The third-order valence-corrected chi connectivity index (χ3v) is 6.21. The quantitative estimate of drug-likeness (QED) is 0.727. The first-order chi connectivity index (χ1) is 8.87. The number of piperidine rings is 1. The van der Waals surface area contributed by atoms with Crippen molar-refractivity contribution in [1.82, 2.24) is 9.62 Å². The van der Waals surface area contributed by atoms with E-state index in [1.807, 2.05) is 0 Å². The van der Waals surface area contributed by atoms with Crippen LogP contribution in [-0.4, -0.2) is 55.7 Å². The molecule has 1 amide bonds. The van der Waals surface area contributed by atoms with Crippen LogP contribution in [0, 0.1) is 0 Å². The van der Waals surface area contributed by atoms with Gasteiger partial charge in [0.2, 0.25) is 0 Å². The molecule has 6 nitrogen and oxygen atoms in total. The predicted octanol–water partition coefficient (Wildman–Crippen LogP) is 0.0957. The third-order valence-electron chi connectivity index (χ3n) is 3.82. The molecule has 0 aromatic heterocycles. The second-order valence-electron chi connectivity index (χ2n) is 5.57. The van der Waals surface area contributed by atoms with Gasteiger partial charge in [0.05, 0.1) is 6.10 Å². The van der Waals surface area contributed by atoms with Crippen molar-refractivity contribution in [2.24, 2.45) is 0 Å². The fraction of sp³-hybridized carbons (Fsp3) is 0.917. The summed E-state index contributed by atoms with van der Waals surface area (Å²) in [5.74, 6) is -0.311. The number of rotatable bonds is 5. The number of hydrogen-bond donors (Lipinski definition) is 1. The number of nitrogens with zero attached hydrogens (tertiary/aromatic N) is 1. The first kappa shape index (κ1) is 14.7.